The third-order valence-corrected chi connectivity index (χ3v) is 7.87. The number of fused-ring (bicyclic) bond motifs is 1. The summed E-state index contributed by atoms with van der Waals surface area (Å²) in [5, 5.41) is 9.04. The molecule has 0 N–H and O–H groups in total. The standard InChI is InChI=1S/C24H25N3O4S/c1-17-8-9-19(32(29,30)26-12-14-31-15-13-26)16-20(17)24(28)23-18(2)21(7-5-10-25)27-11-4-3-6-22(23)27/h3-4,6,8-9,11,16H,5,7,12-15H2,1-2H3. The van der Waals surface area contributed by atoms with Crippen molar-refractivity contribution in [1.82, 2.24) is 8.71 Å². The maximum atomic E-state index is 13.7. The molecule has 4 rings (SSSR count). The van der Waals surface area contributed by atoms with Crippen molar-refractivity contribution in [3.05, 3.63) is 70.5 Å². The van der Waals surface area contributed by atoms with Gasteiger partial charge in [0, 0.05) is 43.4 Å². The van der Waals surface area contributed by atoms with Crippen molar-refractivity contribution in [2.75, 3.05) is 26.3 Å². The molecule has 32 heavy (non-hydrogen) atoms. The van der Waals surface area contributed by atoms with Gasteiger partial charge in [0.1, 0.15) is 0 Å². The highest BCUT2D eigenvalue weighted by Gasteiger charge is 2.29. The Labute approximate surface area is 187 Å². The van der Waals surface area contributed by atoms with Crippen LogP contribution in [0.1, 0.15) is 39.2 Å². The highest BCUT2D eigenvalue weighted by atomic mass is 32.2. The van der Waals surface area contributed by atoms with Crippen LogP contribution in [0.4, 0.5) is 0 Å². The van der Waals surface area contributed by atoms with E-state index in [9.17, 15) is 13.2 Å². The molecule has 3 aromatic rings. The maximum absolute atomic E-state index is 13.7. The van der Waals surface area contributed by atoms with Crippen LogP contribution < -0.4 is 0 Å². The number of nitrogens with zero attached hydrogens (tertiary/aromatic N) is 3. The third-order valence-electron chi connectivity index (χ3n) is 5.98. The summed E-state index contributed by atoms with van der Waals surface area (Å²) in [5.74, 6) is -0.217. The summed E-state index contributed by atoms with van der Waals surface area (Å²) in [7, 11) is -3.72. The Hall–Kier alpha value is -2.99. The average Bonchev–Trinajstić information content (AvgIpc) is 3.09. The predicted molar refractivity (Wildman–Crippen MR) is 120 cm³/mol. The first-order chi connectivity index (χ1) is 15.4. The van der Waals surface area contributed by atoms with E-state index in [2.05, 4.69) is 6.07 Å². The third kappa shape index (κ3) is 3.84. The normalized spacial score (nSPS) is 15.0. The quantitative estimate of drug-likeness (QED) is 0.537. The number of morpholine rings is 1. The fourth-order valence-corrected chi connectivity index (χ4v) is 5.68. The van der Waals surface area contributed by atoms with Crippen molar-refractivity contribution in [1.29, 1.82) is 5.26 Å². The number of carbonyl (C=O) groups is 1. The van der Waals surface area contributed by atoms with E-state index in [1.807, 2.05) is 42.6 Å². The second-order valence-corrected chi connectivity index (χ2v) is 9.82. The number of ketones is 1. The molecule has 3 heterocycles. The van der Waals surface area contributed by atoms with Crippen molar-refractivity contribution in [3.63, 3.8) is 0 Å². The first-order valence-corrected chi connectivity index (χ1v) is 12.0. The second kappa shape index (κ2) is 8.87. The Bertz CT molecular complexity index is 1330. The molecule has 0 amide bonds. The van der Waals surface area contributed by atoms with E-state index in [1.54, 1.807) is 12.1 Å². The largest absolute Gasteiger partial charge is 0.379 e. The van der Waals surface area contributed by atoms with Crippen LogP contribution in [0, 0.1) is 25.2 Å². The van der Waals surface area contributed by atoms with Gasteiger partial charge in [0.2, 0.25) is 10.0 Å². The number of nitriles is 1. The molecule has 1 aromatic carbocycles. The Morgan fingerprint density at radius 3 is 2.62 bits per heavy atom. The number of aryl methyl sites for hydroxylation is 2. The zero-order chi connectivity index (χ0) is 22.9. The number of rotatable bonds is 6. The highest BCUT2D eigenvalue weighted by molar-refractivity contribution is 7.89. The summed E-state index contributed by atoms with van der Waals surface area (Å²) >= 11 is 0. The van der Waals surface area contributed by atoms with E-state index in [0.29, 0.717) is 55.8 Å². The molecule has 0 bridgehead atoms. The molecular weight excluding hydrogens is 426 g/mol. The van der Waals surface area contributed by atoms with Gasteiger partial charge in [-0.1, -0.05) is 12.1 Å². The monoisotopic (exact) mass is 451 g/mol. The van der Waals surface area contributed by atoms with E-state index in [1.165, 1.54) is 10.4 Å². The van der Waals surface area contributed by atoms with Crippen molar-refractivity contribution in [2.24, 2.45) is 0 Å². The van der Waals surface area contributed by atoms with Crippen molar-refractivity contribution < 1.29 is 17.9 Å². The molecule has 166 valence electrons. The Balaban J connectivity index is 1.81. The predicted octanol–water partition coefficient (Wildman–Crippen LogP) is 3.26. The number of aromatic nitrogens is 1. The van der Waals surface area contributed by atoms with Gasteiger partial charge in [-0.05, 0) is 49.2 Å². The summed E-state index contributed by atoms with van der Waals surface area (Å²) in [6.07, 6.45) is 2.77. The first-order valence-electron chi connectivity index (χ1n) is 10.5. The van der Waals surface area contributed by atoms with Crippen LogP contribution in [0.15, 0.2) is 47.5 Å². The molecule has 2 aromatic heterocycles. The highest BCUT2D eigenvalue weighted by Crippen LogP contribution is 2.29. The van der Waals surface area contributed by atoms with E-state index in [-0.39, 0.29) is 10.7 Å². The van der Waals surface area contributed by atoms with Gasteiger partial charge in [0.25, 0.3) is 0 Å². The Kier molecular flexibility index (Phi) is 6.15. The minimum Gasteiger partial charge on any atom is -0.379 e. The van der Waals surface area contributed by atoms with E-state index in [0.717, 1.165) is 16.8 Å². The molecule has 1 saturated heterocycles. The van der Waals surface area contributed by atoms with Crippen LogP contribution in [0.25, 0.3) is 5.52 Å². The van der Waals surface area contributed by atoms with Crippen molar-refractivity contribution in [2.45, 2.75) is 31.6 Å². The van der Waals surface area contributed by atoms with Gasteiger partial charge in [0.15, 0.2) is 5.78 Å². The maximum Gasteiger partial charge on any atom is 0.243 e. The summed E-state index contributed by atoms with van der Waals surface area (Å²) in [6, 6.07) is 12.5. The topological polar surface area (TPSA) is 91.9 Å². The summed E-state index contributed by atoms with van der Waals surface area (Å²) in [6.45, 7) is 5.01. The lowest BCUT2D eigenvalue weighted by molar-refractivity contribution is 0.0730. The van der Waals surface area contributed by atoms with E-state index >= 15 is 0 Å². The molecule has 0 unspecified atom stereocenters. The van der Waals surface area contributed by atoms with Gasteiger partial charge in [-0.3, -0.25) is 4.79 Å². The van der Waals surface area contributed by atoms with E-state index in [4.69, 9.17) is 10.00 Å². The van der Waals surface area contributed by atoms with Crippen LogP contribution in [-0.4, -0.2) is 49.2 Å². The molecule has 1 aliphatic rings. The summed E-state index contributed by atoms with van der Waals surface area (Å²) in [4.78, 5) is 13.8. The molecule has 8 heteroatoms. The molecule has 0 spiro atoms. The van der Waals surface area contributed by atoms with Crippen LogP contribution in [-0.2, 0) is 21.2 Å². The smallest absolute Gasteiger partial charge is 0.243 e. The molecular formula is C24H25N3O4S. The molecule has 7 nitrogen and oxygen atoms in total. The van der Waals surface area contributed by atoms with Gasteiger partial charge in [-0.15, -0.1) is 0 Å². The number of ether oxygens (including phenoxy) is 1. The Morgan fingerprint density at radius 2 is 1.91 bits per heavy atom. The number of pyridine rings is 1. The Morgan fingerprint density at radius 1 is 1.16 bits per heavy atom. The van der Waals surface area contributed by atoms with Crippen LogP contribution >= 0.6 is 0 Å². The minimum absolute atomic E-state index is 0.110. The number of benzene rings is 1. The van der Waals surface area contributed by atoms with Gasteiger partial charge < -0.3 is 9.14 Å². The van der Waals surface area contributed by atoms with Gasteiger partial charge >= 0.3 is 0 Å². The number of carbonyl (C=O) groups excluding carboxylic acids is 1. The van der Waals surface area contributed by atoms with Crippen molar-refractivity contribution in [3.8, 4) is 6.07 Å². The summed E-state index contributed by atoms with van der Waals surface area (Å²) < 4.78 is 34.9. The molecule has 0 atom stereocenters. The van der Waals surface area contributed by atoms with Gasteiger partial charge in [0.05, 0.1) is 35.3 Å². The van der Waals surface area contributed by atoms with Gasteiger partial charge in [-0.2, -0.15) is 9.57 Å². The van der Waals surface area contributed by atoms with Gasteiger partial charge in [-0.25, -0.2) is 8.42 Å². The molecule has 0 saturated carbocycles. The lowest BCUT2D eigenvalue weighted by Crippen LogP contribution is -2.40. The number of sulfonamides is 1. The van der Waals surface area contributed by atoms with Crippen molar-refractivity contribution >= 4 is 21.3 Å². The summed E-state index contributed by atoms with van der Waals surface area (Å²) in [5.41, 5.74) is 4.11. The second-order valence-electron chi connectivity index (χ2n) is 7.88. The van der Waals surface area contributed by atoms with Crippen LogP contribution in [0.3, 0.4) is 0 Å². The van der Waals surface area contributed by atoms with Crippen LogP contribution in [0.5, 0.6) is 0 Å². The lowest BCUT2D eigenvalue weighted by Gasteiger charge is -2.26. The minimum atomic E-state index is -3.72. The number of hydrogen-bond acceptors (Lipinski definition) is 5. The fraction of sp³-hybridized carbons (Fsp3) is 0.333. The fourth-order valence-electron chi connectivity index (χ4n) is 4.25. The molecule has 1 fully saturated rings. The zero-order valence-electron chi connectivity index (χ0n) is 18.2. The molecule has 0 aliphatic carbocycles. The zero-order valence-corrected chi connectivity index (χ0v) is 19.0. The molecule has 1 aliphatic heterocycles. The average molecular weight is 452 g/mol. The molecule has 0 radical (unpaired) electrons. The van der Waals surface area contributed by atoms with Crippen LogP contribution in [0.2, 0.25) is 0 Å². The lowest BCUT2D eigenvalue weighted by atomic mass is 9.96. The number of hydrogen-bond donors (Lipinski definition) is 0. The van der Waals surface area contributed by atoms with E-state index < -0.39 is 10.0 Å². The first kappa shape index (κ1) is 22.2. The SMILES string of the molecule is Cc1ccc(S(=O)(=O)N2CCOCC2)cc1C(=O)c1c(C)c(CCC#N)n2ccccc12.